The number of nitrogens with zero attached hydrogens (tertiary/aromatic N) is 3. The van der Waals surface area contributed by atoms with E-state index >= 15 is 0 Å². The maximum atomic E-state index is 13.2. The Hall–Kier alpha value is -3.64. The van der Waals surface area contributed by atoms with E-state index in [9.17, 15) is 4.79 Å². The van der Waals surface area contributed by atoms with E-state index in [4.69, 9.17) is 20.8 Å². The van der Waals surface area contributed by atoms with Gasteiger partial charge in [-0.3, -0.25) is 4.79 Å². The van der Waals surface area contributed by atoms with Gasteiger partial charge < -0.3 is 9.15 Å². The Labute approximate surface area is 190 Å². The number of hydrogen-bond donors (Lipinski definition) is 0. The maximum absolute atomic E-state index is 13.2. The molecule has 6 nitrogen and oxygen atoms in total. The third kappa shape index (κ3) is 3.52. The van der Waals surface area contributed by atoms with Crippen LogP contribution in [0.3, 0.4) is 0 Å². The Bertz CT molecular complexity index is 1330. The standard InChI is InChI=1S/C25H20ClN3O3/c1-15-8-10-16(11-9-15)19-14-20(29(28-19)25(30)22-7-4-12-32-22)18-13-17-5-3-6-21(31-2)23(17)27-24(18)26/h3-13,20H,14H2,1-2H3/t20-/m1/s1. The number of amides is 1. The van der Waals surface area contributed by atoms with Gasteiger partial charge in [-0.25, -0.2) is 9.99 Å². The average molecular weight is 446 g/mol. The summed E-state index contributed by atoms with van der Waals surface area (Å²) in [7, 11) is 1.60. The zero-order valence-electron chi connectivity index (χ0n) is 17.6. The molecule has 32 heavy (non-hydrogen) atoms. The normalized spacial score (nSPS) is 15.8. The summed E-state index contributed by atoms with van der Waals surface area (Å²) in [4.78, 5) is 17.8. The molecule has 0 bridgehead atoms. The van der Waals surface area contributed by atoms with Crippen LogP contribution in [0.1, 0.15) is 39.7 Å². The van der Waals surface area contributed by atoms with Gasteiger partial charge >= 0.3 is 5.91 Å². The largest absolute Gasteiger partial charge is 0.494 e. The van der Waals surface area contributed by atoms with Crippen LogP contribution in [0.2, 0.25) is 5.15 Å². The first kappa shape index (κ1) is 20.3. The Kier molecular flexibility index (Phi) is 5.15. The Morgan fingerprint density at radius 1 is 1.16 bits per heavy atom. The molecule has 4 aromatic rings. The van der Waals surface area contributed by atoms with Gasteiger partial charge in [-0.1, -0.05) is 53.6 Å². The fourth-order valence-electron chi connectivity index (χ4n) is 3.94. The first-order valence-electron chi connectivity index (χ1n) is 10.2. The van der Waals surface area contributed by atoms with Crippen molar-refractivity contribution in [3.05, 3.63) is 94.5 Å². The van der Waals surface area contributed by atoms with E-state index in [1.807, 2.05) is 55.5 Å². The zero-order chi connectivity index (χ0) is 22.2. The molecule has 7 heteroatoms. The monoisotopic (exact) mass is 445 g/mol. The lowest BCUT2D eigenvalue weighted by molar-refractivity contribution is 0.0678. The van der Waals surface area contributed by atoms with Crippen LogP contribution in [0.4, 0.5) is 0 Å². The Morgan fingerprint density at radius 3 is 2.69 bits per heavy atom. The Morgan fingerprint density at radius 2 is 1.97 bits per heavy atom. The zero-order valence-corrected chi connectivity index (χ0v) is 18.3. The number of pyridine rings is 1. The predicted octanol–water partition coefficient (Wildman–Crippen LogP) is 5.79. The highest BCUT2D eigenvalue weighted by Gasteiger charge is 2.36. The molecule has 1 aliphatic rings. The first-order valence-corrected chi connectivity index (χ1v) is 10.6. The van der Waals surface area contributed by atoms with Crippen LogP contribution in [0.15, 0.2) is 76.4 Å². The summed E-state index contributed by atoms with van der Waals surface area (Å²) in [5.74, 6) is 0.529. The molecular weight excluding hydrogens is 426 g/mol. The molecule has 0 radical (unpaired) electrons. The molecule has 1 atom stereocenters. The number of aryl methyl sites for hydroxylation is 1. The Balaban J connectivity index is 1.60. The smallest absolute Gasteiger partial charge is 0.310 e. The van der Waals surface area contributed by atoms with Crippen molar-refractivity contribution >= 4 is 34.1 Å². The van der Waals surface area contributed by atoms with Gasteiger partial charge in [0, 0.05) is 17.4 Å². The lowest BCUT2D eigenvalue weighted by Gasteiger charge is -2.22. The number of aromatic nitrogens is 1. The topological polar surface area (TPSA) is 67.9 Å². The molecule has 1 amide bonds. The van der Waals surface area contributed by atoms with E-state index in [2.05, 4.69) is 10.1 Å². The van der Waals surface area contributed by atoms with E-state index < -0.39 is 6.04 Å². The van der Waals surface area contributed by atoms with Gasteiger partial charge in [0.2, 0.25) is 0 Å². The van der Waals surface area contributed by atoms with Crippen molar-refractivity contribution in [3.63, 3.8) is 0 Å². The minimum atomic E-state index is -0.417. The summed E-state index contributed by atoms with van der Waals surface area (Å²) in [6.07, 6.45) is 1.98. The predicted molar refractivity (Wildman–Crippen MR) is 123 cm³/mol. The highest BCUT2D eigenvalue weighted by molar-refractivity contribution is 6.30. The van der Waals surface area contributed by atoms with Crippen molar-refractivity contribution in [3.8, 4) is 5.75 Å². The second-order valence-electron chi connectivity index (χ2n) is 7.66. The highest BCUT2D eigenvalue weighted by atomic mass is 35.5. The molecule has 2 aromatic heterocycles. The third-order valence-electron chi connectivity index (χ3n) is 5.60. The first-order chi connectivity index (χ1) is 15.5. The molecule has 0 saturated carbocycles. The number of fused-ring (bicyclic) bond motifs is 1. The molecule has 0 unspecified atom stereocenters. The lowest BCUT2D eigenvalue weighted by atomic mass is 9.97. The molecule has 5 rings (SSSR count). The van der Waals surface area contributed by atoms with Crippen LogP contribution < -0.4 is 4.74 Å². The van der Waals surface area contributed by atoms with Gasteiger partial charge in [-0.05, 0) is 36.8 Å². The molecule has 0 fully saturated rings. The molecule has 160 valence electrons. The number of carbonyl (C=O) groups excluding carboxylic acids is 1. The lowest BCUT2D eigenvalue weighted by Crippen LogP contribution is -2.27. The van der Waals surface area contributed by atoms with Crippen LogP contribution in [-0.4, -0.2) is 28.7 Å². The molecule has 1 aliphatic heterocycles. The third-order valence-corrected chi connectivity index (χ3v) is 5.91. The van der Waals surface area contributed by atoms with Gasteiger partial charge in [-0.2, -0.15) is 5.10 Å². The van der Waals surface area contributed by atoms with Crippen LogP contribution >= 0.6 is 11.6 Å². The number of methoxy groups -OCH3 is 1. The van der Waals surface area contributed by atoms with Gasteiger partial charge in [0.15, 0.2) is 5.76 Å². The number of halogens is 1. The van der Waals surface area contributed by atoms with Crippen molar-refractivity contribution in [2.75, 3.05) is 7.11 Å². The van der Waals surface area contributed by atoms with Gasteiger partial charge in [0.05, 0.1) is 25.1 Å². The fraction of sp³-hybridized carbons (Fsp3) is 0.160. The van der Waals surface area contributed by atoms with Crippen LogP contribution in [0.5, 0.6) is 5.75 Å². The summed E-state index contributed by atoms with van der Waals surface area (Å²) in [6, 6.07) is 18.6. The number of furan rings is 1. The fourth-order valence-corrected chi connectivity index (χ4v) is 4.20. The van der Waals surface area contributed by atoms with E-state index in [0.717, 1.165) is 27.8 Å². The van der Waals surface area contributed by atoms with Crippen LogP contribution in [0, 0.1) is 6.92 Å². The minimum absolute atomic E-state index is 0.218. The molecule has 0 spiro atoms. The van der Waals surface area contributed by atoms with Gasteiger partial charge in [0.1, 0.15) is 16.4 Å². The molecule has 0 N–H and O–H groups in total. The van der Waals surface area contributed by atoms with E-state index in [1.54, 1.807) is 19.2 Å². The molecule has 2 aromatic carbocycles. The SMILES string of the molecule is COc1cccc2cc([C@H]3CC(c4ccc(C)cc4)=NN3C(=O)c3ccco3)c(Cl)nc12. The van der Waals surface area contributed by atoms with Crippen molar-refractivity contribution in [1.82, 2.24) is 9.99 Å². The van der Waals surface area contributed by atoms with Crippen molar-refractivity contribution in [2.45, 2.75) is 19.4 Å². The minimum Gasteiger partial charge on any atom is -0.494 e. The molecule has 0 saturated heterocycles. The molecular formula is C25H20ClN3O3. The summed E-state index contributed by atoms with van der Waals surface area (Å²) in [6.45, 7) is 2.03. The number of hydrogen-bond acceptors (Lipinski definition) is 5. The van der Waals surface area contributed by atoms with Crippen molar-refractivity contribution in [1.29, 1.82) is 0 Å². The number of benzene rings is 2. The molecule has 0 aliphatic carbocycles. The summed E-state index contributed by atoms with van der Waals surface area (Å²) in [5, 5.41) is 7.32. The van der Waals surface area contributed by atoms with Crippen LogP contribution in [0.25, 0.3) is 10.9 Å². The number of rotatable bonds is 4. The van der Waals surface area contributed by atoms with E-state index in [-0.39, 0.29) is 11.7 Å². The van der Waals surface area contributed by atoms with Crippen molar-refractivity contribution < 1.29 is 13.9 Å². The highest BCUT2D eigenvalue weighted by Crippen LogP contribution is 2.39. The van der Waals surface area contributed by atoms with Crippen LogP contribution in [-0.2, 0) is 0 Å². The van der Waals surface area contributed by atoms with E-state index in [0.29, 0.717) is 22.8 Å². The number of hydrazone groups is 1. The second-order valence-corrected chi connectivity index (χ2v) is 8.02. The summed E-state index contributed by atoms with van der Waals surface area (Å²) < 4.78 is 10.8. The quantitative estimate of drug-likeness (QED) is 0.373. The molecule has 3 heterocycles. The maximum Gasteiger partial charge on any atom is 0.310 e. The second kappa shape index (κ2) is 8.13. The number of para-hydroxylation sites is 1. The average Bonchev–Trinajstić information content (AvgIpc) is 3.49. The number of ether oxygens (including phenoxy) is 1. The van der Waals surface area contributed by atoms with E-state index in [1.165, 1.54) is 11.3 Å². The van der Waals surface area contributed by atoms with Gasteiger partial charge in [0.25, 0.3) is 0 Å². The number of carbonyl (C=O) groups is 1. The van der Waals surface area contributed by atoms with Gasteiger partial charge in [-0.15, -0.1) is 0 Å². The van der Waals surface area contributed by atoms with Crippen molar-refractivity contribution in [2.24, 2.45) is 5.10 Å². The summed E-state index contributed by atoms with van der Waals surface area (Å²) >= 11 is 6.64. The summed E-state index contributed by atoms with van der Waals surface area (Å²) in [5.41, 5.74) is 4.31.